The van der Waals surface area contributed by atoms with E-state index in [1.165, 1.54) is 23.9 Å². The first kappa shape index (κ1) is 31.0. The molecular formula is C34H44N4O4. The van der Waals surface area contributed by atoms with Gasteiger partial charge in [-0.25, -0.2) is 4.79 Å². The average molecular weight is 573 g/mol. The molecule has 1 aliphatic heterocycles. The van der Waals surface area contributed by atoms with Gasteiger partial charge in [0.1, 0.15) is 5.75 Å². The summed E-state index contributed by atoms with van der Waals surface area (Å²) < 4.78 is 10.2. The topological polar surface area (TPSA) is 84.0 Å². The van der Waals surface area contributed by atoms with Crippen molar-refractivity contribution in [2.75, 3.05) is 38.8 Å². The molecule has 0 unspecified atom stereocenters. The highest BCUT2D eigenvalue weighted by molar-refractivity contribution is 5.99. The number of benzene rings is 2. The van der Waals surface area contributed by atoms with Crippen LogP contribution in [0.15, 0.2) is 54.9 Å². The summed E-state index contributed by atoms with van der Waals surface area (Å²) in [5.41, 5.74) is 6.31. The summed E-state index contributed by atoms with van der Waals surface area (Å²) in [7, 11) is 3.05. The fraction of sp³-hybridized carbons (Fsp3) is 0.441. The highest BCUT2D eigenvalue weighted by Gasteiger charge is 2.28. The molecule has 2 heterocycles. The summed E-state index contributed by atoms with van der Waals surface area (Å²) in [6.07, 6.45) is 6.82. The van der Waals surface area contributed by atoms with Gasteiger partial charge in [0.05, 0.1) is 19.8 Å². The van der Waals surface area contributed by atoms with Crippen molar-refractivity contribution in [2.24, 2.45) is 0 Å². The number of rotatable bonds is 11. The Hall–Kier alpha value is -3.91. The second-order valence-electron chi connectivity index (χ2n) is 11.3. The third-order valence-electron chi connectivity index (χ3n) is 8.48. The SMILES string of the molecule is COC(=O)c1cc(C)c(C(=O)NCC[C@@H](C)N2CCC(N(Cc3cnccc3C)c3ccc(OC)cc3)CC2)c(C)c1. The monoisotopic (exact) mass is 572 g/mol. The van der Waals surface area contributed by atoms with Crippen molar-refractivity contribution in [1.29, 1.82) is 0 Å². The lowest BCUT2D eigenvalue weighted by Gasteiger charge is -2.42. The number of methoxy groups -OCH3 is 2. The molecule has 0 spiro atoms. The van der Waals surface area contributed by atoms with Crippen molar-refractivity contribution in [1.82, 2.24) is 15.2 Å². The van der Waals surface area contributed by atoms with Crippen LogP contribution in [0.3, 0.4) is 0 Å². The first-order chi connectivity index (χ1) is 20.2. The number of amides is 1. The van der Waals surface area contributed by atoms with E-state index in [0.717, 1.165) is 55.8 Å². The molecule has 0 aliphatic carbocycles. The smallest absolute Gasteiger partial charge is 0.337 e. The number of hydrogen-bond donors (Lipinski definition) is 1. The van der Waals surface area contributed by atoms with Crippen LogP contribution in [0.1, 0.15) is 69.2 Å². The van der Waals surface area contributed by atoms with Gasteiger partial charge in [0.2, 0.25) is 0 Å². The summed E-state index contributed by atoms with van der Waals surface area (Å²) in [5.74, 6) is 0.355. The fourth-order valence-electron chi connectivity index (χ4n) is 5.91. The van der Waals surface area contributed by atoms with E-state index in [1.807, 2.05) is 38.4 Å². The predicted molar refractivity (Wildman–Crippen MR) is 166 cm³/mol. The highest BCUT2D eigenvalue weighted by atomic mass is 16.5. The third kappa shape index (κ3) is 7.48. The molecule has 42 heavy (non-hydrogen) atoms. The number of nitrogens with one attached hydrogen (secondary N) is 1. The minimum Gasteiger partial charge on any atom is -0.497 e. The van der Waals surface area contributed by atoms with Gasteiger partial charge in [0, 0.05) is 61.9 Å². The molecule has 8 heteroatoms. The van der Waals surface area contributed by atoms with Gasteiger partial charge in [0.25, 0.3) is 5.91 Å². The van der Waals surface area contributed by atoms with Crippen LogP contribution in [0, 0.1) is 20.8 Å². The molecule has 4 rings (SSSR count). The number of nitrogens with zero attached hydrogens (tertiary/aromatic N) is 3. The molecule has 1 saturated heterocycles. The summed E-state index contributed by atoms with van der Waals surface area (Å²) in [4.78, 5) is 34.3. The van der Waals surface area contributed by atoms with E-state index >= 15 is 0 Å². The normalized spacial score (nSPS) is 14.7. The molecule has 1 amide bonds. The maximum Gasteiger partial charge on any atom is 0.337 e. The zero-order valence-corrected chi connectivity index (χ0v) is 25.8. The van der Waals surface area contributed by atoms with Crippen molar-refractivity contribution >= 4 is 17.6 Å². The van der Waals surface area contributed by atoms with Crippen molar-refractivity contribution in [3.8, 4) is 5.75 Å². The Morgan fingerprint density at radius 1 is 1.02 bits per heavy atom. The number of ether oxygens (including phenoxy) is 2. The van der Waals surface area contributed by atoms with E-state index in [9.17, 15) is 9.59 Å². The molecule has 2 aromatic carbocycles. The molecule has 0 saturated carbocycles. The van der Waals surface area contributed by atoms with Crippen LogP contribution in [0.4, 0.5) is 5.69 Å². The van der Waals surface area contributed by atoms with E-state index in [1.54, 1.807) is 19.2 Å². The quantitative estimate of drug-likeness (QED) is 0.305. The minimum absolute atomic E-state index is 0.104. The van der Waals surface area contributed by atoms with Gasteiger partial charge in [-0.05, 0) is 112 Å². The third-order valence-corrected chi connectivity index (χ3v) is 8.48. The van der Waals surface area contributed by atoms with Crippen LogP contribution in [0.5, 0.6) is 5.75 Å². The molecule has 1 atom stereocenters. The molecular weight excluding hydrogens is 528 g/mol. The van der Waals surface area contributed by atoms with Gasteiger partial charge in [0.15, 0.2) is 0 Å². The molecule has 1 N–H and O–H groups in total. The van der Waals surface area contributed by atoms with Crippen LogP contribution < -0.4 is 15.0 Å². The van der Waals surface area contributed by atoms with E-state index < -0.39 is 5.97 Å². The van der Waals surface area contributed by atoms with E-state index in [2.05, 4.69) is 52.1 Å². The Morgan fingerprint density at radius 2 is 1.69 bits per heavy atom. The fourth-order valence-corrected chi connectivity index (χ4v) is 5.91. The molecule has 1 aromatic heterocycles. The van der Waals surface area contributed by atoms with E-state index in [-0.39, 0.29) is 5.91 Å². The predicted octanol–water partition coefficient (Wildman–Crippen LogP) is 5.48. The molecule has 1 aliphatic rings. The lowest BCUT2D eigenvalue weighted by Crippen LogP contribution is -2.48. The van der Waals surface area contributed by atoms with Crippen LogP contribution in [-0.4, -0.2) is 67.7 Å². The summed E-state index contributed by atoms with van der Waals surface area (Å²) in [6, 6.07) is 14.6. The molecule has 0 radical (unpaired) electrons. The number of anilines is 1. The van der Waals surface area contributed by atoms with Gasteiger partial charge in [-0.15, -0.1) is 0 Å². The van der Waals surface area contributed by atoms with Crippen LogP contribution in [0.2, 0.25) is 0 Å². The molecule has 3 aromatic rings. The first-order valence-electron chi connectivity index (χ1n) is 14.7. The Kier molecular flexibility index (Phi) is 10.6. The van der Waals surface area contributed by atoms with Crippen LogP contribution in [0.25, 0.3) is 0 Å². The number of piperidine rings is 1. The number of carbonyl (C=O) groups excluding carboxylic acids is 2. The highest BCUT2D eigenvalue weighted by Crippen LogP contribution is 2.29. The number of aryl methyl sites for hydroxylation is 3. The standard InChI is InChI=1S/C34H44N4O4/c1-23-11-15-35-21-28(23)22-38(29-7-9-31(41-5)10-8-29)30-13-17-37(18-14-30)26(4)12-16-36-33(39)32-24(2)19-27(20-25(32)3)34(40)42-6/h7-11,15,19-21,26,30H,12-14,16-18,22H2,1-6H3,(H,36,39)/t26-/m1/s1. The Labute approximate surface area is 250 Å². The van der Waals surface area contributed by atoms with Crippen LogP contribution >= 0.6 is 0 Å². The lowest BCUT2D eigenvalue weighted by molar-refractivity contribution is 0.0600. The van der Waals surface area contributed by atoms with Gasteiger partial charge >= 0.3 is 5.97 Å². The van der Waals surface area contributed by atoms with Crippen molar-refractivity contribution in [3.63, 3.8) is 0 Å². The van der Waals surface area contributed by atoms with Crippen molar-refractivity contribution in [3.05, 3.63) is 88.2 Å². The number of esters is 1. The summed E-state index contributed by atoms with van der Waals surface area (Å²) >= 11 is 0. The number of likely N-dealkylation sites (tertiary alicyclic amines) is 1. The van der Waals surface area contributed by atoms with Crippen LogP contribution in [-0.2, 0) is 11.3 Å². The zero-order chi connectivity index (χ0) is 30.2. The molecule has 1 fully saturated rings. The number of carbonyl (C=O) groups is 2. The first-order valence-corrected chi connectivity index (χ1v) is 14.7. The minimum atomic E-state index is -0.398. The number of aromatic nitrogens is 1. The van der Waals surface area contributed by atoms with Gasteiger partial charge in [-0.2, -0.15) is 0 Å². The Morgan fingerprint density at radius 3 is 2.29 bits per heavy atom. The lowest BCUT2D eigenvalue weighted by atomic mass is 9.98. The van der Waals surface area contributed by atoms with E-state index in [0.29, 0.717) is 29.8 Å². The van der Waals surface area contributed by atoms with E-state index in [4.69, 9.17) is 9.47 Å². The van der Waals surface area contributed by atoms with Gasteiger partial charge < -0.3 is 24.6 Å². The molecule has 0 bridgehead atoms. The zero-order valence-electron chi connectivity index (χ0n) is 25.8. The van der Waals surface area contributed by atoms with Crippen molar-refractivity contribution < 1.29 is 19.1 Å². The largest absolute Gasteiger partial charge is 0.497 e. The molecule has 8 nitrogen and oxygen atoms in total. The van der Waals surface area contributed by atoms with Gasteiger partial charge in [-0.3, -0.25) is 9.78 Å². The number of hydrogen-bond acceptors (Lipinski definition) is 7. The molecule has 224 valence electrons. The van der Waals surface area contributed by atoms with Gasteiger partial charge in [-0.1, -0.05) is 0 Å². The average Bonchev–Trinajstić information content (AvgIpc) is 3.00. The second kappa shape index (κ2) is 14.3. The Bertz CT molecular complexity index is 1340. The number of pyridine rings is 1. The second-order valence-corrected chi connectivity index (χ2v) is 11.3. The maximum atomic E-state index is 13.0. The van der Waals surface area contributed by atoms with Crippen molar-refractivity contribution in [2.45, 2.75) is 65.6 Å². The summed E-state index contributed by atoms with van der Waals surface area (Å²) in [5, 5.41) is 3.10. The maximum absolute atomic E-state index is 13.0. The Balaban J connectivity index is 1.33. The summed E-state index contributed by atoms with van der Waals surface area (Å²) in [6.45, 7) is 11.5.